The van der Waals surface area contributed by atoms with Crippen molar-refractivity contribution in [2.75, 3.05) is 20.7 Å². The predicted molar refractivity (Wildman–Crippen MR) is 127 cm³/mol. The first-order valence-corrected chi connectivity index (χ1v) is 11.3. The molecule has 0 aliphatic rings. The minimum atomic E-state index is -0.140. The quantitative estimate of drug-likeness (QED) is 0.431. The van der Waals surface area contributed by atoms with Gasteiger partial charge < -0.3 is 15.0 Å². The number of hydrogen-bond donors (Lipinski definition) is 1. The van der Waals surface area contributed by atoms with Crippen LogP contribution in [0.4, 0.5) is 0 Å². The van der Waals surface area contributed by atoms with Crippen molar-refractivity contribution in [3.63, 3.8) is 0 Å². The summed E-state index contributed by atoms with van der Waals surface area (Å²) in [5, 5.41) is 12.0. The Hall–Kier alpha value is -3.66. The molecule has 0 bridgehead atoms. The number of carbonyl (C=O) groups is 2. The smallest absolute Gasteiger partial charge is 0.264 e. The van der Waals surface area contributed by atoms with Crippen molar-refractivity contribution >= 4 is 33.2 Å². The van der Waals surface area contributed by atoms with E-state index in [0.717, 1.165) is 27.0 Å². The van der Waals surface area contributed by atoms with E-state index in [2.05, 4.69) is 15.5 Å². The molecule has 1 aromatic carbocycles. The summed E-state index contributed by atoms with van der Waals surface area (Å²) in [7, 11) is 6.93. The van der Waals surface area contributed by atoms with Crippen LogP contribution in [0.3, 0.4) is 0 Å². The highest BCUT2D eigenvalue weighted by Gasteiger charge is 2.23. The third-order valence-corrected chi connectivity index (χ3v) is 6.78. The molecule has 0 unspecified atom stereocenters. The molecule has 10 heteroatoms. The van der Waals surface area contributed by atoms with E-state index >= 15 is 0 Å². The average molecular weight is 467 g/mol. The number of benzene rings is 1. The zero-order valence-corrected chi connectivity index (χ0v) is 19.8. The highest BCUT2D eigenvalue weighted by Crippen LogP contribution is 2.40. The molecule has 3 aromatic heterocycles. The van der Waals surface area contributed by atoms with E-state index in [9.17, 15) is 9.59 Å². The summed E-state index contributed by atoms with van der Waals surface area (Å²) in [4.78, 5) is 27.8. The number of ether oxygens (including phenoxy) is 1. The molecule has 0 saturated heterocycles. The number of methoxy groups -OCH3 is 1. The van der Waals surface area contributed by atoms with Gasteiger partial charge in [-0.2, -0.15) is 10.2 Å². The van der Waals surface area contributed by atoms with Crippen LogP contribution < -0.4 is 10.1 Å². The van der Waals surface area contributed by atoms with Crippen molar-refractivity contribution in [2.24, 2.45) is 14.1 Å². The fourth-order valence-corrected chi connectivity index (χ4v) is 4.91. The Morgan fingerprint density at radius 1 is 1.12 bits per heavy atom. The average Bonchev–Trinajstić information content (AvgIpc) is 3.55. The second kappa shape index (κ2) is 9.45. The van der Waals surface area contributed by atoms with Crippen molar-refractivity contribution in [3.8, 4) is 17.0 Å². The highest BCUT2D eigenvalue weighted by atomic mass is 32.1. The fourth-order valence-electron chi connectivity index (χ4n) is 3.74. The Labute approximate surface area is 195 Å². The van der Waals surface area contributed by atoms with E-state index in [4.69, 9.17) is 4.74 Å². The summed E-state index contributed by atoms with van der Waals surface area (Å²) in [5.41, 5.74) is 2.82. The molecule has 33 heavy (non-hydrogen) atoms. The lowest BCUT2D eigenvalue weighted by atomic mass is 10.1. The number of nitrogens with one attached hydrogen (secondary N) is 1. The molecule has 9 nitrogen and oxygen atoms in total. The summed E-state index contributed by atoms with van der Waals surface area (Å²) in [6.07, 6.45) is 3.66. The van der Waals surface area contributed by atoms with E-state index < -0.39 is 0 Å². The van der Waals surface area contributed by atoms with Crippen LogP contribution in [0, 0.1) is 0 Å². The maximum atomic E-state index is 13.6. The van der Waals surface area contributed by atoms with Crippen LogP contribution in [-0.4, -0.2) is 57.0 Å². The Bertz CT molecular complexity index is 1300. The normalized spacial score (nSPS) is 11.0. The van der Waals surface area contributed by atoms with E-state index in [-0.39, 0.29) is 18.2 Å². The zero-order valence-electron chi connectivity index (χ0n) is 19.0. The first-order valence-electron chi connectivity index (χ1n) is 10.5. The lowest BCUT2D eigenvalue weighted by Gasteiger charge is -2.22. The van der Waals surface area contributed by atoms with Crippen LogP contribution in [0.15, 0.2) is 42.7 Å². The number of aryl methyl sites for hydroxylation is 2. The van der Waals surface area contributed by atoms with Crippen molar-refractivity contribution < 1.29 is 14.3 Å². The molecule has 0 radical (unpaired) electrons. The van der Waals surface area contributed by atoms with Gasteiger partial charge in [0.05, 0.1) is 29.9 Å². The summed E-state index contributed by atoms with van der Waals surface area (Å²) in [5.74, 6) is 0.448. The van der Waals surface area contributed by atoms with Crippen LogP contribution in [0.2, 0.25) is 0 Å². The van der Waals surface area contributed by atoms with Gasteiger partial charge in [-0.1, -0.05) is 0 Å². The molecule has 172 valence electrons. The third kappa shape index (κ3) is 4.47. The van der Waals surface area contributed by atoms with Crippen LogP contribution in [0.5, 0.6) is 5.75 Å². The molecule has 3 heterocycles. The number of thiophene rings is 1. The number of aromatic nitrogens is 4. The molecule has 0 aliphatic heterocycles. The summed E-state index contributed by atoms with van der Waals surface area (Å²) in [6.45, 7) is 0.649. The molecular weight excluding hydrogens is 440 g/mol. The molecule has 2 amide bonds. The zero-order chi connectivity index (χ0) is 23.5. The monoisotopic (exact) mass is 466 g/mol. The van der Waals surface area contributed by atoms with Gasteiger partial charge in [0, 0.05) is 62.2 Å². The maximum Gasteiger partial charge on any atom is 0.264 e. The fraction of sp³-hybridized carbons (Fsp3) is 0.304. The Morgan fingerprint density at radius 2 is 1.88 bits per heavy atom. The minimum Gasteiger partial charge on any atom is -0.496 e. The van der Waals surface area contributed by atoms with Crippen molar-refractivity contribution in [1.82, 2.24) is 29.8 Å². The molecule has 0 aliphatic carbocycles. The largest absolute Gasteiger partial charge is 0.496 e. The number of nitrogens with zero attached hydrogens (tertiary/aromatic N) is 5. The van der Waals surface area contributed by atoms with Crippen molar-refractivity contribution in [3.05, 3.63) is 53.3 Å². The van der Waals surface area contributed by atoms with Gasteiger partial charge in [0.15, 0.2) is 0 Å². The van der Waals surface area contributed by atoms with Gasteiger partial charge in [0.2, 0.25) is 5.91 Å². The third-order valence-electron chi connectivity index (χ3n) is 5.62. The first kappa shape index (κ1) is 22.5. The Morgan fingerprint density at radius 3 is 2.52 bits per heavy atom. The molecule has 0 fully saturated rings. The molecular formula is C23H26N6O3S. The summed E-state index contributed by atoms with van der Waals surface area (Å²) in [6, 6.07) is 9.58. The minimum absolute atomic E-state index is 0.116. The maximum absolute atomic E-state index is 13.6. The van der Waals surface area contributed by atoms with Crippen molar-refractivity contribution in [2.45, 2.75) is 13.0 Å². The van der Waals surface area contributed by atoms with Crippen LogP contribution in [0.1, 0.15) is 21.8 Å². The van der Waals surface area contributed by atoms with Gasteiger partial charge in [0.25, 0.3) is 5.91 Å². The standard InChI is InChI=1S/C23H26N6O3S/c1-24-21(30)9-12-29(14-15-7-10-25-27(15)2)23(31)20-13-17-19(32-4)6-5-16(22(17)33-20)18-8-11-26-28(18)3/h5-8,10-11,13H,9,12,14H2,1-4H3,(H,24,30). The SMILES string of the molecule is CNC(=O)CCN(Cc1ccnn1C)C(=O)c1cc2c(OC)ccc(-c3ccnn3C)c2s1. The number of carbonyl (C=O) groups excluding carboxylic acids is 2. The number of amides is 2. The van der Waals surface area contributed by atoms with Gasteiger partial charge in [0.1, 0.15) is 5.75 Å². The first-order chi connectivity index (χ1) is 15.9. The summed E-state index contributed by atoms with van der Waals surface area (Å²) < 4.78 is 10.1. The summed E-state index contributed by atoms with van der Waals surface area (Å²) >= 11 is 1.42. The van der Waals surface area contributed by atoms with Crippen LogP contribution in [0.25, 0.3) is 21.3 Å². The molecule has 0 atom stereocenters. The van der Waals surface area contributed by atoms with Gasteiger partial charge in [-0.25, -0.2) is 0 Å². The highest BCUT2D eigenvalue weighted by molar-refractivity contribution is 7.21. The van der Waals surface area contributed by atoms with Crippen LogP contribution >= 0.6 is 11.3 Å². The van der Waals surface area contributed by atoms with E-state index in [1.165, 1.54) is 11.3 Å². The number of rotatable bonds is 8. The predicted octanol–water partition coefficient (Wildman–Crippen LogP) is 2.82. The topological polar surface area (TPSA) is 94.3 Å². The second-order valence-electron chi connectivity index (χ2n) is 7.60. The van der Waals surface area contributed by atoms with E-state index in [1.54, 1.807) is 40.8 Å². The van der Waals surface area contributed by atoms with Gasteiger partial charge in [-0.05, 0) is 30.3 Å². The molecule has 0 spiro atoms. The Balaban J connectivity index is 1.74. The van der Waals surface area contributed by atoms with E-state index in [0.29, 0.717) is 23.7 Å². The molecule has 4 rings (SSSR count). The van der Waals surface area contributed by atoms with Gasteiger partial charge >= 0.3 is 0 Å². The molecule has 0 saturated carbocycles. The second-order valence-corrected chi connectivity index (χ2v) is 8.66. The molecule has 1 N–H and O–H groups in total. The van der Waals surface area contributed by atoms with E-state index in [1.807, 2.05) is 44.4 Å². The lowest BCUT2D eigenvalue weighted by molar-refractivity contribution is -0.120. The lowest BCUT2D eigenvalue weighted by Crippen LogP contribution is -2.34. The number of hydrogen-bond acceptors (Lipinski definition) is 6. The van der Waals surface area contributed by atoms with Gasteiger partial charge in [-0.15, -0.1) is 11.3 Å². The van der Waals surface area contributed by atoms with Crippen LogP contribution in [-0.2, 0) is 25.4 Å². The Kier molecular flexibility index (Phi) is 6.45. The van der Waals surface area contributed by atoms with Gasteiger partial charge in [-0.3, -0.25) is 19.0 Å². The van der Waals surface area contributed by atoms with Crippen molar-refractivity contribution in [1.29, 1.82) is 0 Å². The molecule has 4 aromatic rings. The number of fused-ring (bicyclic) bond motifs is 1.